The summed E-state index contributed by atoms with van der Waals surface area (Å²) in [4.78, 5) is 26.5. The fourth-order valence-electron chi connectivity index (χ4n) is 2.90. The number of nitrogen functional groups attached to an aromatic ring is 1. The summed E-state index contributed by atoms with van der Waals surface area (Å²) in [6, 6.07) is 6.96. The highest BCUT2D eigenvalue weighted by molar-refractivity contribution is 5.94. The van der Waals surface area contributed by atoms with Gasteiger partial charge in [-0.2, -0.15) is 0 Å². The maximum atomic E-state index is 12.5. The first-order valence-electron chi connectivity index (χ1n) is 9.01. The fraction of sp³-hybridized carbons (Fsp3) is 0.579. The zero-order chi connectivity index (χ0) is 18.2. The van der Waals surface area contributed by atoms with E-state index in [9.17, 15) is 9.59 Å². The largest absolute Gasteiger partial charge is 0.399 e. The molecule has 0 atom stereocenters. The highest BCUT2D eigenvalue weighted by Crippen LogP contribution is 2.19. The van der Waals surface area contributed by atoms with Crippen LogP contribution in [0.3, 0.4) is 0 Å². The van der Waals surface area contributed by atoms with E-state index in [0.717, 1.165) is 6.42 Å². The second-order valence-corrected chi connectivity index (χ2v) is 6.75. The quantitative estimate of drug-likeness (QED) is 0.584. The summed E-state index contributed by atoms with van der Waals surface area (Å²) in [5.74, 6) is 0.0790. The standard InChI is InChI=1S/C19H29N3O3/c1-14(2)25-13-3-10-21-18(23)15-8-11-22(12-9-15)19(24)16-4-6-17(20)7-5-16/h4-7,14-15H,3,8-13,20H2,1-2H3,(H,21,23). The second kappa shape index (κ2) is 9.42. The van der Waals surface area contributed by atoms with Gasteiger partial charge in [0.15, 0.2) is 0 Å². The van der Waals surface area contributed by atoms with Crippen LogP contribution in [0.4, 0.5) is 5.69 Å². The third kappa shape index (κ3) is 6.05. The van der Waals surface area contributed by atoms with Gasteiger partial charge in [0.1, 0.15) is 0 Å². The van der Waals surface area contributed by atoms with Crippen molar-refractivity contribution in [2.75, 3.05) is 32.0 Å². The van der Waals surface area contributed by atoms with Crippen molar-refractivity contribution in [3.8, 4) is 0 Å². The van der Waals surface area contributed by atoms with Crippen molar-refractivity contribution in [2.24, 2.45) is 5.92 Å². The van der Waals surface area contributed by atoms with Gasteiger partial charge in [-0.3, -0.25) is 9.59 Å². The number of anilines is 1. The van der Waals surface area contributed by atoms with Crippen LogP contribution in [0.1, 0.15) is 43.5 Å². The van der Waals surface area contributed by atoms with Gasteiger partial charge in [-0.25, -0.2) is 0 Å². The molecule has 0 bridgehead atoms. The molecule has 0 saturated carbocycles. The Kier molecular flexibility index (Phi) is 7.25. The fourth-order valence-corrected chi connectivity index (χ4v) is 2.90. The Labute approximate surface area is 149 Å². The van der Waals surface area contributed by atoms with Gasteiger partial charge >= 0.3 is 0 Å². The Balaban J connectivity index is 1.70. The average Bonchev–Trinajstić information content (AvgIpc) is 2.61. The minimum absolute atomic E-state index is 0.00434. The van der Waals surface area contributed by atoms with E-state index in [1.54, 1.807) is 24.3 Å². The highest BCUT2D eigenvalue weighted by atomic mass is 16.5. The van der Waals surface area contributed by atoms with Gasteiger partial charge in [-0.15, -0.1) is 0 Å². The smallest absolute Gasteiger partial charge is 0.253 e. The molecule has 1 saturated heterocycles. The lowest BCUT2D eigenvalue weighted by atomic mass is 9.95. The normalized spacial score (nSPS) is 15.4. The summed E-state index contributed by atoms with van der Waals surface area (Å²) in [6.07, 6.45) is 2.45. The van der Waals surface area contributed by atoms with Crippen molar-refractivity contribution in [3.05, 3.63) is 29.8 Å². The maximum absolute atomic E-state index is 12.5. The lowest BCUT2D eigenvalue weighted by molar-refractivity contribution is -0.126. The maximum Gasteiger partial charge on any atom is 0.253 e. The molecule has 2 amide bonds. The average molecular weight is 347 g/mol. The molecule has 1 aromatic carbocycles. The molecule has 138 valence electrons. The summed E-state index contributed by atoms with van der Waals surface area (Å²) in [7, 11) is 0. The number of hydrogen-bond donors (Lipinski definition) is 2. The van der Waals surface area contributed by atoms with Gasteiger partial charge in [0.05, 0.1) is 6.10 Å². The van der Waals surface area contributed by atoms with E-state index < -0.39 is 0 Å². The topological polar surface area (TPSA) is 84.7 Å². The van der Waals surface area contributed by atoms with Crippen molar-refractivity contribution in [1.29, 1.82) is 0 Å². The molecule has 1 aliphatic rings. The molecule has 6 nitrogen and oxygen atoms in total. The third-order valence-electron chi connectivity index (χ3n) is 4.38. The predicted octanol–water partition coefficient (Wildman–Crippen LogP) is 2.05. The van der Waals surface area contributed by atoms with Crippen LogP contribution in [0.25, 0.3) is 0 Å². The van der Waals surface area contributed by atoms with Crippen LogP contribution >= 0.6 is 0 Å². The van der Waals surface area contributed by atoms with Crippen molar-refractivity contribution >= 4 is 17.5 Å². The van der Waals surface area contributed by atoms with Crippen LogP contribution in [-0.2, 0) is 9.53 Å². The number of likely N-dealkylation sites (tertiary alicyclic amines) is 1. The van der Waals surface area contributed by atoms with Crippen LogP contribution in [0.15, 0.2) is 24.3 Å². The first-order valence-corrected chi connectivity index (χ1v) is 9.01. The molecule has 0 unspecified atom stereocenters. The molecule has 6 heteroatoms. The number of amides is 2. The van der Waals surface area contributed by atoms with Gasteiger partial charge in [-0.1, -0.05) is 0 Å². The number of carbonyl (C=O) groups excluding carboxylic acids is 2. The van der Waals surface area contributed by atoms with Gasteiger partial charge in [-0.05, 0) is 57.4 Å². The highest BCUT2D eigenvalue weighted by Gasteiger charge is 2.27. The molecule has 1 fully saturated rings. The van der Waals surface area contributed by atoms with Crippen LogP contribution in [0.5, 0.6) is 0 Å². The van der Waals surface area contributed by atoms with Crippen LogP contribution in [-0.4, -0.2) is 49.1 Å². The summed E-state index contributed by atoms with van der Waals surface area (Å²) in [5, 5.41) is 2.97. The molecule has 0 aliphatic carbocycles. The summed E-state index contributed by atoms with van der Waals surface area (Å²) in [6.45, 7) is 6.51. The van der Waals surface area contributed by atoms with Gasteiger partial charge in [0.25, 0.3) is 5.91 Å². The number of nitrogens with zero attached hydrogens (tertiary/aromatic N) is 1. The number of ether oxygens (including phenoxy) is 1. The number of piperidine rings is 1. The molecule has 1 aromatic rings. The Hall–Kier alpha value is -2.08. The summed E-state index contributed by atoms with van der Waals surface area (Å²) >= 11 is 0. The monoisotopic (exact) mass is 347 g/mol. The molecule has 3 N–H and O–H groups in total. The zero-order valence-electron chi connectivity index (χ0n) is 15.2. The summed E-state index contributed by atoms with van der Waals surface area (Å²) < 4.78 is 5.46. The van der Waals surface area contributed by atoms with E-state index >= 15 is 0 Å². The van der Waals surface area contributed by atoms with E-state index in [1.165, 1.54) is 0 Å². The van der Waals surface area contributed by atoms with E-state index in [1.807, 2.05) is 18.7 Å². The molecular weight excluding hydrogens is 318 g/mol. The second-order valence-electron chi connectivity index (χ2n) is 6.75. The number of rotatable bonds is 7. The van der Waals surface area contributed by atoms with Crippen molar-refractivity contribution in [3.63, 3.8) is 0 Å². The zero-order valence-corrected chi connectivity index (χ0v) is 15.2. The predicted molar refractivity (Wildman–Crippen MR) is 98.2 cm³/mol. The minimum atomic E-state index is -0.0125. The number of nitrogens with two attached hydrogens (primary N) is 1. The molecular formula is C19H29N3O3. The van der Waals surface area contributed by atoms with Crippen LogP contribution < -0.4 is 11.1 Å². The number of benzene rings is 1. The first-order chi connectivity index (χ1) is 12.0. The Bertz CT molecular complexity index is 564. The van der Waals surface area contributed by atoms with Crippen molar-refractivity contribution in [2.45, 2.75) is 39.2 Å². The van der Waals surface area contributed by atoms with Crippen LogP contribution in [0, 0.1) is 5.92 Å². The van der Waals surface area contributed by atoms with E-state index in [2.05, 4.69) is 5.32 Å². The molecule has 0 radical (unpaired) electrons. The van der Waals surface area contributed by atoms with Gasteiger partial charge in [0.2, 0.25) is 5.91 Å². The summed E-state index contributed by atoms with van der Waals surface area (Å²) in [5.41, 5.74) is 6.94. The third-order valence-corrected chi connectivity index (χ3v) is 4.38. The number of carbonyl (C=O) groups is 2. The molecule has 0 spiro atoms. The van der Waals surface area contributed by atoms with E-state index in [-0.39, 0.29) is 23.8 Å². The van der Waals surface area contributed by atoms with Gasteiger partial charge in [0, 0.05) is 43.4 Å². The Morgan fingerprint density at radius 1 is 1.24 bits per heavy atom. The Morgan fingerprint density at radius 3 is 2.48 bits per heavy atom. The SMILES string of the molecule is CC(C)OCCCNC(=O)C1CCN(C(=O)c2ccc(N)cc2)CC1. The van der Waals surface area contributed by atoms with E-state index in [4.69, 9.17) is 10.5 Å². The molecule has 1 heterocycles. The molecule has 1 aliphatic heterocycles. The van der Waals surface area contributed by atoms with E-state index in [0.29, 0.717) is 50.3 Å². The molecule has 0 aromatic heterocycles. The van der Waals surface area contributed by atoms with Crippen LogP contribution in [0.2, 0.25) is 0 Å². The van der Waals surface area contributed by atoms with Gasteiger partial charge < -0.3 is 20.7 Å². The molecule has 25 heavy (non-hydrogen) atoms. The lowest BCUT2D eigenvalue weighted by Gasteiger charge is -2.31. The lowest BCUT2D eigenvalue weighted by Crippen LogP contribution is -2.43. The molecule has 2 rings (SSSR count). The van der Waals surface area contributed by atoms with Crippen molar-refractivity contribution in [1.82, 2.24) is 10.2 Å². The number of nitrogens with one attached hydrogen (secondary N) is 1. The van der Waals surface area contributed by atoms with Crippen molar-refractivity contribution < 1.29 is 14.3 Å². The first kappa shape index (κ1) is 19.2. The Morgan fingerprint density at radius 2 is 1.88 bits per heavy atom. The number of hydrogen-bond acceptors (Lipinski definition) is 4. The minimum Gasteiger partial charge on any atom is -0.399 e.